The molecule has 1 aliphatic heterocycles. The van der Waals surface area contributed by atoms with Crippen molar-refractivity contribution in [2.75, 3.05) is 6.61 Å². The van der Waals surface area contributed by atoms with Gasteiger partial charge in [-0.1, -0.05) is 36.7 Å². The fraction of sp³-hybridized carbons (Fsp3) is 0.292. The Morgan fingerprint density at radius 1 is 1.32 bits per heavy atom. The zero-order chi connectivity index (χ0) is 22.0. The molecule has 1 aromatic heterocycles. The van der Waals surface area contributed by atoms with Gasteiger partial charge in [0.15, 0.2) is 11.5 Å². The Bertz CT molecular complexity index is 1140. The lowest BCUT2D eigenvalue weighted by atomic mass is 9.97. The number of fused-ring (bicyclic) bond motifs is 1. The van der Waals surface area contributed by atoms with Crippen molar-refractivity contribution in [3.63, 3.8) is 0 Å². The highest BCUT2D eigenvalue weighted by atomic mass is 35.5. The third-order valence-corrected chi connectivity index (χ3v) is 5.29. The molecular formula is C24H24ClN3O3. The molecule has 2 aromatic carbocycles. The van der Waals surface area contributed by atoms with E-state index in [1.165, 1.54) is 17.3 Å². The molecule has 0 unspecified atom stereocenters. The monoisotopic (exact) mass is 437 g/mol. The van der Waals surface area contributed by atoms with Crippen molar-refractivity contribution in [2.45, 2.75) is 39.2 Å². The minimum Gasteiger partial charge on any atom is -0.490 e. The van der Waals surface area contributed by atoms with Gasteiger partial charge < -0.3 is 9.47 Å². The fourth-order valence-corrected chi connectivity index (χ4v) is 3.77. The molecule has 160 valence electrons. The molecule has 0 fully saturated rings. The maximum absolute atomic E-state index is 13.6. The van der Waals surface area contributed by atoms with Crippen LogP contribution in [0.15, 0.2) is 49.1 Å². The van der Waals surface area contributed by atoms with Gasteiger partial charge in [-0.2, -0.15) is 5.10 Å². The molecule has 0 radical (unpaired) electrons. The number of benzene rings is 2. The van der Waals surface area contributed by atoms with E-state index in [-0.39, 0.29) is 11.4 Å². The Hall–Kier alpha value is -3.12. The van der Waals surface area contributed by atoms with E-state index in [1.54, 1.807) is 18.2 Å². The number of ketones is 1. The number of carbonyl (C=O) groups excluding carboxylic acids is 1. The van der Waals surface area contributed by atoms with Crippen LogP contribution in [-0.4, -0.2) is 32.8 Å². The molecule has 1 aliphatic rings. The van der Waals surface area contributed by atoms with Gasteiger partial charge in [0.25, 0.3) is 0 Å². The Labute approximate surface area is 186 Å². The first-order chi connectivity index (χ1) is 14.9. The molecule has 4 rings (SSSR count). The molecule has 0 atom stereocenters. The third kappa shape index (κ3) is 4.49. The Morgan fingerprint density at radius 2 is 2.13 bits per heavy atom. The van der Waals surface area contributed by atoms with Crippen LogP contribution in [0.1, 0.15) is 48.7 Å². The second-order valence-electron chi connectivity index (χ2n) is 8.07. The Balaban J connectivity index is 1.80. The largest absolute Gasteiger partial charge is 0.490 e. The van der Waals surface area contributed by atoms with E-state index in [4.69, 9.17) is 21.1 Å². The number of rotatable bonds is 7. The van der Waals surface area contributed by atoms with Crippen LogP contribution in [0.4, 0.5) is 0 Å². The van der Waals surface area contributed by atoms with E-state index in [9.17, 15) is 4.79 Å². The van der Waals surface area contributed by atoms with E-state index in [2.05, 4.69) is 10.1 Å². The summed E-state index contributed by atoms with van der Waals surface area (Å²) < 4.78 is 13.5. The summed E-state index contributed by atoms with van der Waals surface area (Å²) in [5, 5.41) is 4.72. The molecule has 0 N–H and O–H groups in total. The van der Waals surface area contributed by atoms with Crippen molar-refractivity contribution in [2.24, 2.45) is 0 Å². The van der Waals surface area contributed by atoms with Gasteiger partial charge in [-0.3, -0.25) is 4.79 Å². The summed E-state index contributed by atoms with van der Waals surface area (Å²) in [5.74, 6) is 1.09. The molecule has 0 aliphatic carbocycles. The highest BCUT2D eigenvalue weighted by molar-refractivity contribution is 6.33. The quantitative estimate of drug-likeness (QED) is 0.370. The van der Waals surface area contributed by atoms with Crippen molar-refractivity contribution in [1.29, 1.82) is 0 Å². The molecule has 6 nitrogen and oxygen atoms in total. The topological polar surface area (TPSA) is 66.2 Å². The maximum Gasteiger partial charge on any atom is 0.211 e. The van der Waals surface area contributed by atoms with Crippen LogP contribution in [0.25, 0.3) is 11.8 Å². The molecule has 2 heterocycles. The normalized spacial score (nSPS) is 14.8. The lowest BCUT2D eigenvalue weighted by Crippen LogP contribution is -2.24. The number of aromatic nitrogens is 3. The molecular weight excluding hydrogens is 414 g/mol. The van der Waals surface area contributed by atoms with E-state index in [1.807, 2.05) is 45.0 Å². The van der Waals surface area contributed by atoms with E-state index in [0.717, 1.165) is 17.5 Å². The number of nitrogens with zero attached hydrogens (tertiary/aromatic N) is 3. The Kier molecular flexibility index (Phi) is 5.83. The lowest BCUT2D eigenvalue weighted by Gasteiger charge is -2.18. The first-order valence-electron chi connectivity index (χ1n) is 10.2. The van der Waals surface area contributed by atoms with Gasteiger partial charge in [0.1, 0.15) is 24.0 Å². The lowest BCUT2D eigenvalue weighted by molar-refractivity contribution is 0.105. The first-order valence-corrected chi connectivity index (χ1v) is 10.6. The smallest absolute Gasteiger partial charge is 0.211 e. The standard InChI is InChI=1S/C24H24ClN3O3/c1-4-9-30-21-12-17(10-18-13-24(2,3)31-23(18)21)22(29)20(28-15-26-14-27-28)11-16-7-5-6-8-19(16)25/h5-8,10-12,14-15H,4,9,13H2,1-3H3/b20-11-. The predicted octanol–water partition coefficient (Wildman–Crippen LogP) is 5.31. The van der Waals surface area contributed by atoms with Gasteiger partial charge in [0.2, 0.25) is 5.78 Å². The van der Waals surface area contributed by atoms with Gasteiger partial charge in [-0.05, 0) is 50.1 Å². The molecule has 0 saturated heterocycles. The van der Waals surface area contributed by atoms with Gasteiger partial charge >= 0.3 is 0 Å². The van der Waals surface area contributed by atoms with Crippen LogP contribution < -0.4 is 9.47 Å². The number of Topliss-reactive ketones (excluding diaryl/α,β-unsaturated/α-hetero) is 1. The summed E-state index contributed by atoms with van der Waals surface area (Å²) in [5.41, 5.74) is 2.16. The number of hydrogen-bond acceptors (Lipinski definition) is 5. The average Bonchev–Trinajstić information content (AvgIpc) is 3.37. The number of carbonyl (C=O) groups is 1. The molecule has 31 heavy (non-hydrogen) atoms. The second-order valence-corrected chi connectivity index (χ2v) is 8.48. The Morgan fingerprint density at radius 3 is 2.84 bits per heavy atom. The zero-order valence-electron chi connectivity index (χ0n) is 17.8. The van der Waals surface area contributed by atoms with Gasteiger partial charge in [0, 0.05) is 22.6 Å². The SMILES string of the molecule is CCCOc1cc(C(=O)/C(=C/c2ccccc2Cl)n2cncn2)cc2c1OC(C)(C)C2. The van der Waals surface area contributed by atoms with Crippen molar-refractivity contribution >= 4 is 29.2 Å². The number of ether oxygens (including phenoxy) is 2. The summed E-state index contributed by atoms with van der Waals surface area (Å²) in [6, 6.07) is 11.0. The maximum atomic E-state index is 13.6. The minimum absolute atomic E-state index is 0.209. The summed E-state index contributed by atoms with van der Waals surface area (Å²) >= 11 is 6.33. The van der Waals surface area contributed by atoms with Crippen molar-refractivity contribution < 1.29 is 14.3 Å². The summed E-state index contributed by atoms with van der Waals surface area (Å²) in [6.45, 7) is 6.63. The van der Waals surface area contributed by atoms with E-state index in [0.29, 0.717) is 40.8 Å². The van der Waals surface area contributed by atoms with Crippen molar-refractivity contribution in [3.05, 3.63) is 70.8 Å². The number of allylic oxidation sites excluding steroid dienone is 1. The van der Waals surface area contributed by atoms with Gasteiger partial charge in [-0.15, -0.1) is 0 Å². The minimum atomic E-state index is -0.351. The molecule has 0 bridgehead atoms. The predicted molar refractivity (Wildman–Crippen MR) is 121 cm³/mol. The first kappa shape index (κ1) is 21.1. The zero-order valence-corrected chi connectivity index (χ0v) is 18.5. The molecule has 7 heteroatoms. The van der Waals surface area contributed by atoms with Crippen LogP contribution in [0.5, 0.6) is 11.5 Å². The summed E-state index contributed by atoms with van der Waals surface area (Å²) in [6.07, 6.45) is 6.16. The van der Waals surface area contributed by atoms with Crippen molar-refractivity contribution in [3.8, 4) is 11.5 Å². The van der Waals surface area contributed by atoms with E-state index < -0.39 is 0 Å². The fourth-order valence-electron chi connectivity index (χ4n) is 3.58. The van der Waals surface area contributed by atoms with Crippen LogP contribution >= 0.6 is 11.6 Å². The number of hydrogen-bond donors (Lipinski definition) is 0. The number of halogens is 1. The highest BCUT2D eigenvalue weighted by Gasteiger charge is 2.34. The molecule has 0 saturated carbocycles. The molecule has 3 aromatic rings. The molecule has 0 spiro atoms. The van der Waals surface area contributed by atoms with Crippen LogP contribution in [-0.2, 0) is 6.42 Å². The van der Waals surface area contributed by atoms with Gasteiger partial charge in [0.05, 0.1) is 6.61 Å². The van der Waals surface area contributed by atoms with Gasteiger partial charge in [-0.25, -0.2) is 9.67 Å². The second kappa shape index (κ2) is 8.55. The molecule has 0 amide bonds. The van der Waals surface area contributed by atoms with Crippen LogP contribution in [0, 0.1) is 0 Å². The average molecular weight is 438 g/mol. The van der Waals surface area contributed by atoms with E-state index >= 15 is 0 Å². The van der Waals surface area contributed by atoms with Crippen LogP contribution in [0.2, 0.25) is 5.02 Å². The summed E-state index contributed by atoms with van der Waals surface area (Å²) in [7, 11) is 0. The third-order valence-electron chi connectivity index (χ3n) is 4.95. The van der Waals surface area contributed by atoms with Crippen LogP contribution in [0.3, 0.4) is 0 Å². The summed E-state index contributed by atoms with van der Waals surface area (Å²) in [4.78, 5) is 17.6. The highest BCUT2D eigenvalue weighted by Crippen LogP contribution is 2.43. The van der Waals surface area contributed by atoms with Crippen molar-refractivity contribution in [1.82, 2.24) is 14.8 Å².